The van der Waals surface area contributed by atoms with Crippen LogP contribution in [0.1, 0.15) is 61.5 Å². The number of anilines is 1. The Morgan fingerprint density at radius 2 is 1.84 bits per heavy atom. The molecule has 164 valence electrons. The molecule has 1 aliphatic carbocycles. The number of carbonyl (C=O) groups excluding carboxylic acids is 1. The topological polar surface area (TPSA) is 83.9 Å². The van der Waals surface area contributed by atoms with Gasteiger partial charge in [0.25, 0.3) is 5.91 Å². The number of imidazole rings is 1. The molecule has 3 N–H and O–H groups in total. The van der Waals surface area contributed by atoms with E-state index in [1.165, 1.54) is 5.56 Å². The van der Waals surface area contributed by atoms with Crippen LogP contribution in [0.15, 0.2) is 24.3 Å². The maximum Gasteiger partial charge on any atom is 0.252 e. The van der Waals surface area contributed by atoms with Crippen molar-refractivity contribution in [2.45, 2.75) is 52.9 Å². The molecule has 2 aliphatic rings. The normalized spacial score (nSPS) is 20.2. The van der Waals surface area contributed by atoms with E-state index in [0.29, 0.717) is 11.2 Å². The molecule has 3 aromatic rings. The molecule has 6 nitrogen and oxygen atoms in total. The molecule has 2 aromatic heterocycles. The number of rotatable bonds is 3. The lowest BCUT2D eigenvalue weighted by Crippen LogP contribution is -2.42. The number of para-hydroxylation sites is 2. The zero-order valence-corrected chi connectivity index (χ0v) is 18.7. The van der Waals surface area contributed by atoms with Gasteiger partial charge in [0.15, 0.2) is 5.65 Å². The Hall–Kier alpha value is -2.60. The molecule has 0 radical (unpaired) electrons. The van der Waals surface area contributed by atoms with Crippen molar-refractivity contribution in [3.05, 3.63) is 41.0 Å². The number of aliphatic hydroxyl groups is 1. The van der Waals surface area contributed by atoms with Gasteiger partial charge in [0.05, 0.1) is 16.6 Å². The van der Waals surface area contributed by atoms with Crippen LogP contribution in [0.3, 0.4) is 0 Å². The molecule has 0 saturated carbocycles. The summed E-state index contributed by atoms with van der Waals surface area (Å²) in [4.78, 5) is 20.0. The van der Waals surface area contributed by atoms with Crippen molar-refractivity contribution < 1.29 is 9.90 Å². The molecule has 0 spiro atoms. The average molecular weight is 421 g/mol. The molecule has 1 aromatic carbocycles. The third kappa shape index (κ3) is 3.19. The summed E-state index contributed by atoms with van der Waals surface area (Å²) in [6.45, 7) is 8.75. The smallest absolute Gasteiger partial charge is 0.252 e. The van der Waals surface area contributed by atoms with E-state index in [1.54, 1.807) is 0 Å². The molecule has 1 fully saturated rings. The summed E-state index contributed by atoms with van der Waals surface area (Å²) in [6, 6.07) is 8.08. The Kier molecular flexibility index (Phi) is 4.56. The minimum absolute atomic E-state index is 0.0287. The van der Waals surface area contributed by atoms with Crippen LogP contribution in [0, 0.1) is 10.8 Å². The predicted molar refractivity (Wildman–Crippen MR) is 124 cm³/mol. The second kappa shape index (κ2) is 6.95. The number of amides is 1. The fourth-order valence-corrected chi connectivity index (χ4v) is 5.46. The van der Waals surface area contributed by atoms with Crippen molar-refractivity contribution >= 4 is 28.4 Å². The van der Waals surface area contributed by atoms with E-state index >= 15 is 0 Å². The molecule has 31 heavy (non-hydrogen) atoms. The van der Waals surface area contributed by atoms with Gasteiger partial charge in [-0.05, 0) is 66.2 Å². The van der Waals surface area contributed by atoms with E-state index in [2.05, 4.69) is 36.1 Å². The SMILES string of the molecule is CC1(C)CCc2c(c(N3CCC(C)(CO)CC3)n3c(nc4ccccc43)c2C(N)=O)C1. The van der Waals surface area contributed by atoms with E-state index < -0.39 is 5.91 Å². The van der Waals surface area contributed by atoms with Gasteiger partial charge < -0.3 is 15.7 Å². The van der Waals surface area contributed by atoms with Crippen LogP contribution in [0.4, 0.5) is 5.82 Å². The fourth-order valence-electron chi connectivity index (χ4n) is 5.46. The molecular weight excluding hydrogens is 388 g/mol. The van der Waals surface area contributed by atoms with Gasteiger partial charge in [-0.2, -0.15) is 0 Å². The molecule has 0 bridgehead atoms. The summed E-state index contributed by atoms with van der Waals surface area (Å²) in [6.07, 6.45) is 4.66. The molecule has 1 aliphatic heterocycles. The molecule has 6 heteroatoms. The number of pyridine rings is 1. The summed E-state index contributed by atoms with van der Waals surface area (Å²) < 4.78 is 2.18. The second-order valence-electron chi connectivity index (χ2n) is 10.6. The average Bonchev–Trinajstić information content (AvgIpc) is 3.11. The van der Waals surface area contributed by atoms with Gasteiger partial charge in [-0.25, -0.2) is 4.98 Å². The van der Waals surface area contributed by atoms with Crippen LogP contribution >= 0.6 is 0 Å². The van der Waals surface area contributed by atoms with Gasteiger partial charge in [-0.1, -0.05) is 32.9 Å². The number of aromatic nitrogens is 2. The third-order valence-electron chi connectivity index (χ3n) is 7.54. The quantitative estimate of drug-likeness (QED) is 0.677. The van der Waals surface area contributed by atoms with Crippen molar-refractivity contribution in [1.82, 2.24) is 9.38 Å². The van der Waals surface area contributed by atoms with Crippen LogP contribution < -0.4 is 10.6 Å². The number of benzene rings is 1. The molecule has 1 saturated heterocycles. The highest BCUT2D eigenvalue weighted by Crippen LogP contribution is 2.44. The minimum Gasteiger partial charge on any atom is -0.396 e. The highest BCUT2D eigenvalue weighted by Gasteiger charge is 2.37. The highest BCUT2D eigenvalue weighted by molar-refractivity contribution is 6.03. The van der Waals surface area contributed by atoms with Gasteiger partial charge in [0.2, 0.25) is 0 Å². The Morgan fingerprint density at radius 3 is 2.52 bits per heavy atom. The fraction of sp³-hybridized carbons (Fsp3) is 0.520. The first-order chi connectivity index (χ1) is 14.7. The van der Waals surface area contributed by atoms with Crippen molar-refractivity contribution in [3.8, 4) is 0 Å². The summed E-state index contributed by atoms with van der Waals surface area (Å²) in [5.74, 6) is 0.769. The van der Waals surface area contributed by atoms with Crippen molar-refractivity contribution in [1.29, 1.82) is 0 Å². The van der Waals surface area contributed by atoms with E-state index in [0.717, 1.165) is 67.6 Å². The number of nitrogens with zero attached hydrogens (tertiary/aromatic N) is 3. The first-order valence-corrected chi connectivity index (χ1v) is 11.3. The highest BCUT2D eigenvalue weighted by atomic mass is 16.3. The third-order valence-corrected chi connectivity index (χ3v) is 7.54. The van der Waals surface area contributed by atoms with Crippen LogP contribution in [0.2, 0.25) is 0 Å². The van der Waals surface area contributed by atoms with E-state index in [-0.39, 0.29) is 17.4 Å². The Labute approximate surface area is 183 Å². The molecule has 1 amide bonds. The number of fused-ring (bicyclic) bond motifs is 4. The minimum atomic E-state index is -0.394. The van der Waals surface area contributed by atoms with Gasteiger partial charge in [-0.15, -0.1) is 0 Å². The Bertz CT molecular complexity index is 1190. The Morgan fingerprint density at radius 1 is 1.13 bits per heavy atom. The first-order valence-electron chi connectivity index (χ1n) is 11.3. The Balaban J connectivity index is 1.82. The maximum absolute atomic E-state index is 12.7. The van der Waals surface area contributed by atoms with Crippen molar-refractivity contribution in [3.63, 3.8) is 0 Å². The number of nitrogens with two attached hydrogens (primary N) is 1. The number of hydrogen-bond acceptors (Lipinski definition) is 4. The largest absolute Gasteiger partial charge is 0.396 e. The van der Waals surface area contributed by atoms with Gasteiger partial charge in [0, 0.05) is 19.7 Å². The molecule has 3 heterocycles. The second-order valence-corrected chi connectivity index (χ2v) is 10.6. The number of primary amides is 1. The summed E-state index contributed by atoms with van der Waals surface area (Å²) in [5, 5.41) is 9.86. The van der Waals surface area contributed by atoms with Crippen molar-refractivity contribution in [2.24, 2.45) is 16.6 Å². The number of piperidine rings is 1. The van der Waals surface area contributed by atoms with Gasteiger partial charge >= 0.3 is 0 Å². The van der Waals surface area contributed by atoms with E-state index in [9.17, 15) is 9.90 Å². The summed E-state index contributed by atoms with van der Waals surface area (Å²) >= 11 is 0. The van der Waals surface area contributed by atoms with Crippen molar-refractivity contribution in [2.75, 3.05) is 24.6 Å². The standard InChI is InChI=1S/C25H32N4O2/c1-24(2)9-8-16-17(14-24)23(28-12-10-25(3,15-30)11-13-28)29-19-7-5-4-6-18(19)27-22(29)20(16)21(26)31/h4-7,30H,8-15H2,1-3H3,(H2,26,31). The van der Waals surface area contributed by atoms with E-state index in [4.69, 9.17) is 10.7 Å². The monoisotopic (exact) mass is 420 g/mol. The molecule has 0 atom stereocenters. The van der Waals surface area contributed by atoms with Gasteiger partial charge in [-0.3, -0.25) is 9.20 Å². The molecule has 0 unspecified atom stereocenters. The summed E-state index contributed by atoms with van der Waals surface area (Å²) in [5.41, 5.74) is 11.6. The summed E-state index contributed by atoms with van der Waals surface area (Å²) in [7, 11) is 0. The van der Waals surface area contributed by atoms with E-state index in [1.807, 2.05) is 18.2 Å². The van der Waals surface area contributed by atoms with Crippen LogP contribution in [-0.2, 0) is 12.8 Å². The van der Waals surface area contributed by atoms with Crippen LogP contribution in [0.5, 0.6) is 0 Å². The number of hydrogen-bond donors (Lipinski definition) is 2. The van der Waals surface area contributed by atoms with Crippen LogP contribution in [0.25, 0.3) is 16.7 Å². The zero-order valence-electron chi connectivity index (χ0n) is 18.7. The maximum atomic E-state index is 12.7. The first kappa shape index (κ1) is 20.3. The lowest BCUT2D eigenvalue weighted by Gasteiger charge is -2.42. The van der Waals surface area contributed by atoms with Gasteiger partial charge in [0.1, 0.15) is 5.82 Å². The van der Waals surface area contributed by atoms with Crippen LogP contribution in [-0.4, -0.2) is 40.1 Å². The molecule has 5 rings (SSSR count). The lowest BCUT2D eigenvalue weighted by atomic mass is 9.73. The zero-order chi connectivity index (χ0) is 22.0. The number of aliphatic hydroxyl groups excluding tert-OH is 1. The predicted octanol–water partition coefficient (Wildman–Crippen LogP) is 3.70. The molecular formula is C25H32N4O2. The lowest BCUT2D eigenvalue weighted by molar-refractivity contribution is 0.0999. The number of carbonyl (C=O) groups is 1.